The van der Waals surface area contributed by atoms with Gasteiger partial charge >= 0.3 is 0 Å². The molecule has 1 atom stereocenters. The topological polar surface area (TPSA) is 34.1 Å². The molecule has 1 aromatic rings. The summed E-state index contributed by atoms with van der Waals surface area (Å²) < 4.78 is 5.98. The van der Waals surface area contributed by atoms with Crippen molar-refractivity contribution < 1.29 is 4.74 Å². The smallest absolute Gasteiger partial charge is 0.214 e. The van der Waals surface area contributed by atoms with Crippen molar-refractivity contribution in [3.05, 3.63) is 23.4 Å². The third-order valence-corrected chi connectivity index (χ3v) is 3.12. The summed E-state index contributed by atoms with van der Waals surface area (Å²) in [6.45, 7) is 13.9. The minimum Gasteiger partial charge on any atom is -0.475 e. The third kappa shape index (κ3) is 6.38. The standard InChI is InChI=1S/C17H30N2O/c1-7-16-9-15(11-18-13(4)5)10-17(19-16)20-14(6)8-12(2)3/h9-10,12-14,18H,7-8,11H2,1-6H3. The van der Waals surface area contributed by atoms with Gasteiger partial charge in [-0.3, -0.25) is 0 Å². The summed E-state index contributed by atoms with van der Waals surface area (Å²) in [5.74, 6) is 1.40. The molecule has 0 aliphatic carbocycles. The lowest BCUT2D eigenvalue weighted by molar-refractivity contribution is 0.185. The molecule has 1 heterocycles. The van der Waals surface area contributed by atoms with Crippen molar-refractivity contribution in [3.8, 4) is 5.88 Å². The van der Waals surface area contributed by atoms with Crippen LogP contribution in [0, 0.1) is 5.92 Å². The van der Waals surface area contributed by atoms with Crippen LogP contribution >= 0.6 is 0 Å². The maximum Gasteiger partial charge on any atom is 0.214 e. The molecule has 114 valence electrons. The van der Waals surface area contributed by atoms with Crippen LogP contribution in [0.2, 0.25) is 0 Å². The monoisotopic (exact) mass is 278 g/mol. The Hall–Kier alpha value is -1.09. The minimum absolute atomic E-state index is 0.209. The van der Waals surface area contributed by atoms with Crippen LogP contribution in [0.4, 0.5) is 0 Å². The van der Waals surface area contributed by atoms with E-state index in [0.29, 0.717) is 12.0 Å². The van der Waals surface area contributed by atoms with Gasteiger partial charge in [-0.15, -0.1) is 0 Å². The zero-order valence-electron chi connectivity index (χ0n) is 13.9. The predicted molar refractivity (Wildman–Crippen MR) is 85.1 cm³/mol. The summed E-state index contributed by atoms with van der Waals surface area (Å²) in [4.78, 5) is 4.58. The molecule has 20 heavy (non-hydrogen) atoms. The van der Waals surface area contributed by atoms with Gasteiger partial charge in [0.25, 0.3) is 0 Å². The molecule has 3 heteroatoms. The summed E-state index contributed by atoms with van der Waals surface area (Å²) in [7, 11) is 0. The molecule has 0 bridgehead atoms. The average molecular weight is 278 g/mol. The van der Waals surface area contributed by atoms with E-state index in [-0.39, 0.29) is 6.10 Å². The van der Waals surface area contributed by atoms with Gasteiger partial charge in [-0.05, 0) is 37.3 Å². The molecule has 0 saturated carbocycles. The second-order valence-corrected chi connectivity index (χ2v) is 6.25. The fourth-order valence-corrected chi connectivity index (χ4v) is 2.20. The summed E-state index contributed by atoms with van der Waals surface area (Å²) >= 11 is 0. The summed E-state index contributed by atoms with van der Waals surface area (Å²) in [5, 5.41) is 3.44. The number of nitrogens with one attached hydrogen (secondary N) is 1. The van der Waals surface area contributed by atoms with Crippen molar-refractivity contribution >= 4 is 0 Å². The first kappa shape index (κ1) is 17.0. The van der Waals surface area contributed by atoms with E-state index in [2.05, 4.69) is 64.0 Å². The van der Waals surface area contributed by atoms with E-state index >= 15 is 0 Å². The molecule has 3 nitrogen and oxygen atoms in total. The van der Waals surface area contributed by atoms with Crippen LogP contribution in [0.1, 0.15) is 59.2 Å². The van der Waals surface area contributed by atoms with Crippen molar-refractivity contribution in [2.75, 3.05) is 0 Å². The van der Waals surface area contributed by atoms with E-state index in [0.717, 1.165) is 31.0 Å². The van der Waals surface area contributed by atoms with Gasteiger partial charge < -0.3 is 10.1 Å². The summed E-state index contributed by atoms with van der Waals surface area (Å²) in [6, 6.07) is 4.71. The molecule has 0 amide bonds. The molecule has 0 radical (unpaired) electrons. The highest BCUT2D eigenvalue weighted by Crippen LogP contribution is 2.17. The van der Waals surface area contributed by atoms with Crippen LogP contribution in [0.15, 0.2) is 12.1 Å². The lowest BCUT2D eigenvalue weighted by Gasteiger charge is -2.17. The van der Waals surface area contributed by atoms with E-state index in [4.69, 9.17) is 4.74 Å². The second kappa shape index (κ2) is 8.25. The predicted octanol–water partition coefficient (Wildman–Crippen LogP) is 3.96. The van der Waals surface area contributed by atoms with Gasteiger partial charge in [-0.1, -0.05) is 34.6 Å². The van der Waals surface area contributed by atoms with Crippen LogP contribution in [-0.2, 0) is 13.0 Å². The largest absolute Gasteiger partial charge is 0.475 e. The lowest BCUT2D eigenvalue weighted by atomic mass is 10.1. The Kier molecular flexibility index (Phi) is 7.00. The molecular formula is C17H30N2O. The fraction of sp³-hybridized carbons (Fsp3) is 0.706. The number of aromatic nitrogens is 1. The van der Waals surface area contributed by atoms with Gasteiger partial charge in [0.15, 0.2) is 0 Å². The van der Waals surface area contributed by atoms with Crippen LogP contribution in [0.3, 0.4) is 0 Å². The number of aryl methyl sites for hydroxylation is 1. The molecule has 0 aliphatic rings. The molecular weight excluding hydrogens is 248 g/mol. The molecule has 0 aromatic carbocycles. The van der Waals surface area contributed by atoms with Gasteiger partial charge in [0.05, 0.1) is 6.10 Å². The van der Waals surface area contributed by atoms with E-state index in [1.54, 1.807) is 0 Å². The first-order valence-electron chi connectivity index (χ1n) is 7.80. The molecule has 0 saturated heterocycles. The molecule has 1 unspecified atom stereocenters. The Morgan fingerprint density at radius 1 is 1.15 bits per heavy atom. The summed E-state index contributed by atoms with van der Waals surface area (Å²) in [6.07, 6.45) is 2.20. The normalized spacial score (nSPS) is 13.0. The highest BCUT2D eigenvalue weighted by Gasteiger charge is 2.09. The third-order valence-electron chi connectivity index (χ3n) is 3.12. The Labute approximate surface area is 124 Å². The first-order valence-corrected chi connectivity index (χ1v) is 7.80. The van der Waals surface area contributed by atoms with Gasteiger partial charge in [-0.2, -0.15) is 0 Å². The van der Waals surface area contributed by atoms with E-state index in [9.17, 15) is 0 Å². The Morgan fingerprint density at radius 3 is 2.40 bits per heavy atom. The molecule has 1 aromatic heterocycles. The van der Waals surface area contributed by atoms with Crippen molar-refractivity contribution in [2.45, 2.75) is 73.1 Å². The van der Waals surface area contributed by atoms with E-state index in [1.165, 1.54) is 5.56 Å². The SMILES string of the molecule is CCc1cc(CNC(C)C)cc(OC(C)CC(C)C)n1. The highest BCUT2D eigenvalue weighted by molar-refractivity contribution is 5.25. The first-order chi connectivity index (χ1) is 9.40. The number of hydrogen-bond donors (Lipinski definition) is 1. The van der Waals surface area contributed by atoms with Crippen molar-refractivity contribution in [1.82, 2.24) is 10.3 Å². The Morgan fingerprint density at radius 2 is 1.85 bits per heavy atom. The average Bonchev–Trinajstić information content (AvgIpc) is 2.34. The minimum atomic E-state index is 0.209. The maximum atomic E-state index is 5.98. The van der Waals surface area contributed by atoms with Crippen LogP contribution in [0.5, 0.6) is 5.88 Å². The Bertz CT molecular complexity index is 402. The maximum absolute atomic E-state index is 5.98. The summed E-state index contributed by atoms with van der Waals surface area (Å²) in [5.41, 5.74) is 2.34. The van der Waals surface area contributed by atoms with Crippen molar-refractivity contribution in [2.24, 2.45) is 5.92 Å². The molecule has 1 rings (SSSR count). The Balaban J connectivity index is 2.76. The van der Waals surface area contributed by atoms with Crippen LogP contribution in [0.25, 0.3) is 0 Å². The number of ether oxygens (including phenoxy) is 1. The van der Waals surface area contributed by atoms with Gasteiger partial charge in [0.2, 0.25) is 5.88 Å². The number of hydrogen-bond acceptors (Lipinski definition) is 3. The van der Waals surface area contributed by atoms with E-state index in [1.807, 2.05) is 0 Å². The molecule has 0 spiro atoms. The second-order valence-electron chi connectivity index (χ2n) is 6.25. The number of nitrogens with zero attached hydrogens (tertiary/aromatic N) is 1. The zero-order valence-corrected chi connectivity index (χ0v) is 13.9. The van der Waals surface area contributed by atoms with E-state index < -0.39 is 0 Å². The number of rotatable bonds is 8. The quantitative estimate of drug-likeness (QED) is 0.781. The van der Waals surface area contributed by atoms with Crippen LogP contribution in [-0.4, -0.2) is 17.1 Å². The van der Waals surface area contributed by atoms with Crippen LogP contribution < -0.4 is 10.1 Å². The molecule has 1 N–H and O–H groups in total. The van der Waals surface area contributed by atoms with Gasteiger partial charge in [0, 0.05) is 24.3 Å². The molecule has 0 aliphatic heterocycles. The lowest BCUT2D eigenvalue weighted by Crippen LogP contribution is -2.22. The number of pyridine rings is 1. The molecule has 0 fully saturated rings. The van der Waals surface area contributed by atoms with Crippen molar-refractivity contribution in [1.29, 1.82) is 0 Å². The zero-order chi connectivity index (χ0) is 15.1. The highest BCUT2D eigenvalue weighted by atomic mass is 16.5. The van der Waals surface area contributed by atoms with Crippen molar-refractivity contribution in [3.63, 3.8) is 0 Å². The van der Waals surface area contributed by atoms with Gasteiger partial charge in [-0.25, -0.2) is 4.98 Å². The fourth-order valence-electron chi connectivity index (χ4n) is 2.20. The van der Waals surface area contributed by atoms with Gasteiger partial charge in [0.1, 0.15) is 0 Å².